The van der Waals surface area contributed by atoms with Crippen molar-refractivity contribution in [3.63, 3.8) is 0 Å². The van der Waals surface area contributed by atoms with E-state index < -0.39 is 34.8 Å². The minimum Gasteiger partial charge on any atom is -0.444 e. The van der Waals surface area contributed by atoms with Crippen LogP contribution in [0.4, 0.5) is 23.7 Å². The summed E-state index contributed by atoms with van der Waals surface area (Å²) in [7, 11) is 0. The van der Waals surface area contributed by atoms with Gasteiger partial charge in [0.25, 0.3) is 5.56 Å². The second kappa shape index (κ2) is 9.75. The molecule has 214 valence electrons. The molecule has 40 heavy (non-hydrogen) atoms. The molecule has 1 spiro atoms. The predicted molar refractivity (Wildman–Crippen MR) is 142 cm³/mol. The number of likely N-dealkylation sites (tertiary alicyclic amines) is 1. The fourth-order valence-corrected chi connectivity index (χ4v) is 5.95. The number of hydrogen-bond donors (Lipinski definition) is 1. The van der Waals surface area contributed by atoms with Gasteiger partial charge in [0, 0.05) is 29.8 Å². The predicted octanol–water partition coefficient (Wildman–Crippen LogP) is 4.79. The molecule has 1 aliphatic heterocycles. The van der Waals surface area contributed by atoms with E-state index in [4.69, 9.17) is 16.3 Å². The van der Waals surface area contributed by atoms with Gasteiger partial charge in [-0.25, -0.2) is 4.79 Å². The zero-order valence-corrected chi connectivity index (χ0v) is 24.1. The van der Waals surface area contributed by atoms with Crippen molar-refractivity contribution in [3.05, 3.63) is 55.1 Å². The van der Waals surface area contributed by atoms with Crippen LogP contribution in [0, 0.1) is 0 Å². The third-order valence-electron chi connectivity index (χ3n) is 7.07. The Morgan fingerprint density at radius 3 is 2.60 bits per heavy atom. The SMILES string of the molecule is CC(C)(C)OC(=O)N1CCC2(CCc3c2c(=O)n2nc(Br)nc2n3CC(=O)Nc2ccc(C(F)(F)F)cc2Cl)C1. The molecule has 2 amide bonds. The Morgan fingerprint density at radius 2 is 1.95 bits per heavy atom. The van der Waals surface area contributed by atoms with E-state index in [1.807, 2.05) is 0 Å². The number of alkyl halides is 3. The Kier molecular flexibility index (Phi) is 6.93. The zero-order chi connectivity index (χ0) is 29.2. The molecule has 1 N–H and O–H groups in total. The van der Waals surface area contributed by atoms with E-state index >= 15 is 0 Å². The highest BCUT2D eigenvalue weighted by Crippen LogP contribution is 2.44. The maximum atomic E-state index is 13.7. The maximum Gasteiger partial charge on any atom is 0.416 e. The fraction of sp³-hybridized carbons (Fsp3) is 0.480. The molecule has 1 saturated heterocycles. The number of rotatable bonds is 3. The number of aromatic nitrogens is 4. The van der Waals surface area contributed by atoms with Crippen molar-refractivity contribution in [2.24, 2.45) is 0 Å². The molecule has 1 aliphatic carbocycles. The zero-order valence-electron chi connectivity index (χ0n) is 21.7. The number of carbonyl (C=O) groups excluding carboxylic acids is 2. The van der Waals surface area contributed by atoms with Crippen LogP contribution in [-0.2, 0) is 34.1 Å². The minimum absolute atomic E-state index is 0.0105. The van der Waals surface area contributed by atoms with Crippen LogP contribution in [-0.4, -0.2) is 54.8 Å². The number of fused-ring (bicyclic) bond motifs is 3. The molecule has 3 aromatic rings. The summed E-state index contributed by atoms with van der Waals surface area (Å²) in [6.07, 6.45) is -3.50. The van der Waals surface area contributed by atoms with Gasteiger partial charge in [0.2, 0.25) is 16.4 Å². The van der Waals surface area contributed by atoms with Gasteiger partial charge in [0.05, 0.1) is 16.3 Å². The summed E-state index contributed by atoms with van der Waals surface area (Å²) in [6, 6.07) is 2.65. The first kappa shape index (κ1) is 28.4. The van der Waals surface area contributed by atoms with Gasteiger partial charge in [-0.2, -0.15) is 22.7 Å². The summed E-state index contributed by atoms with van der Waals surface area (Å²) in [5, 5.41) is 6.45. The molecule has 15 heteroatoms. The molecule has 1 fully saturated rings. The van der Waals surface area contributed by atoms with Gasteiger partial charge >= 0.3 is 12.3 Å². The van der Waals surface area contributed by atoms with Crippen molar-refractivity contribution >= 4 is 51.0 Å². The number of benzene rings is 1. The Labute approximate surface area is 239 Å². The lowest BCUT2D eigenvalue weighted by Gasteiger charge is -2.27. The van der Waals surface area contributed by atoms with Crippen molar-refractivity contribution in [3.8, 4) is 0 Å². The lowest BCUT2D eigenvalue weighted by molar-refractivity contribution is -0.137. The van der Waals surface area contributed by atoms with Crippen molar-refractivity contribution in [2.75, 3.05) is 18.4 Å². The molecule has 10 nitrogen and oxygen atoms in total. The van der Waals surface area contributed by atoms with Gasteiger partial charge in [-0.3, -0.25) is 9.59 Å². The molecule has 2 aromatic heterocycles. The van der Waals surface area contributed by atoms with E-state index in [0.717, 1.165) is 22.7 Å². The molecule has 1 unspecified atom stereocenters. The number of carbonyl (C=O) groups is 2. The van der Waals surface area contributed by atoms with Crippen LogP contribution in [0.2, 0.25) is 5.02 Å². The second-order valence-electron chi connectivity index (χ2n) is 11.0. The van der Waals surface area contributed by atoms with Crippen LogP contribution < -0.4 is 10.9 Å². The topological polar surface area (TPSA) is 111 Å². The molecule has 1 atom stereocenters. The number of nitrogens with one attached hydrogen (secondary N) is 1. The molecule has 2 aliphatic rings. The Balaban J connectivity index is 1.48. The van der Waals surface area contributed by atoms with Gasteiger partial charge in [-0.05, 0) is 74.2 Å². The monoisotopic (exact) mass is 644 g/mol. The molecule has 1 aromatic carbocycles. The van der Waals surface area contributed by atoms with Crippen LogP contribution in [0.25, 0.3) is 5.78 Å². The van der Waals surface area contributed by atoms with Crippen molar-refractivity contribution in [1.29, 1.82) is 0 Å². The molecule has 5 rings (SSSR count). The van der Waals surface area contributed by atoms with Crippen LogP contribution in [0.3, 0.4) is 0 Å². The smallest absolute Gasteiger partial charge is 0.416 e. The van der Waals surface area contributed by atoms with Gasteiger partial charge in [-0.1, -0.05) is 11.6 Å². The lowest BCUT2D eigenvalue weighted by atomic mass is 9.82. The van der Waals surface area contributed by atoms with Gasteiger partial charge < -0.3 is 19.5 Å². The molecule has 0 radical (unpaired) electrons. The summed E-state index contributed by atoms with van der Waals surface area (Å²) in [5.74, 6) is -0.459. The van der Waals surface area contributed by atoms with E-state index in [9.17, 15) is 27.6 Å². The number of nitrogens with zero attached hydrogens (tertiary/aromatic N) is 5. The third kappa shape index (κ3) is 5.18. The molecular formula is C25H25BrClF3N6O4. The van der Waals surface area contributed by atoms with Gasteiger partial charge in [0.15, 0.2) is 0 Å². The minimum atomic E-state index is -4.58. The highest BCUT2D eigenvalue weighted by atomic mass is 79.9. The molecule has 0 bridgehead atoms. The Bertz CT molecular complexity index is 1600. The number of amides is 2. The van der Waals surface area contributed by atoms with E-state index in [0.29, 0.717) is 37.1 Å². The average Bonchev–Trinajstić information content (AvgIpc) is 3.54. The first-order valence-electron chi connectivity index (χ1n) is 12.4. The average molecular weight is 646 g/mol. The number of anilines is 1. The molecular weight excluding hydrogens is 621 g/mol. The first-order chi connectivity index (χ1) is 18.6. The summed E-state index contributed by atoms with van der Waals surface area (Å²) >= 11 is 9.21. The Morgan fingerprint density at radius 1 is 1.23 bits per heavy atom. The standard InChI is InChI=1S/C25H25BrClF3N6O4/c1-23(2,3)40-22(39)34-9-8-24(12-34)7-6-16-18(24)19(38)36-21(32-20(26)33-36)35(16)11-17(37)31-15-5-4-13(10-14(15)27)25(28,29)30/h4-5,10H,6-9,11-12H2,1-3H3,(H,31,37). The number of hydrogen-bond acceptors (Lipinski definition) is 6. The van der Waals surface area contributed by atoms with E-state index in [1.54, 1.807) is 30.2 Å². The van der Waals surface area contributed by atoms with Crippen molar-refractivity contribution in [1.82, 2.24) is 24.1 Å². The van der Waals surface area contributed by atoms with Crippen LogP contribution in [0.5, 0.6) is 0 Å². The normalized spacial score (nSPS) is 18.9. The summed E-state index contributed by atoms with van der Waals surface area (Å²) in [6.45, 7) is 5.71. The fourth-order valence-electron chi connectivity index (χ4n) is 5.41. The highest BCUT2D eigenvalue weighted by Gasteiger charge is 2.49. The van der Waals surface area contributed by atoms with Crippen molar-refractivity contribution in [2.45, 2.75) is 63.8 Å². The van der Waals surface area contributed by atoms with Crippen LogP contribution in [0.1, 0.15) is 50.4 Å². The van der Waals surface area contributed by atoms with Crippen LogP contribution >= 0.6 is 27.5 Å². The van der Waals surface area contributed by atoms with E-state index in [2.05, 4.69) is 31.3 Å². The molecule has 0 saturated carbocycles. The third-order valence-corrected chi connectivity index (χ3v) is 7.72. The molecule has 3 heterocycles. The summed E-state index contributed by atoms with van der Waals surface area (Å²) in [4.78, 5) is 45.4. The lowest BCUT2D eigenvalue weighted by Crippen LogP contribution is -2.40. The van der Waals surface area contributed by atoms with Crippen molar-refractivity contribution < 1.29 is 27.5 Å². The summed E-state index contributed by atoms with van der Waals surface area (Å²) in [5.41, 5.74) is -1.57. The van der Waals surface area contributed by atoms with Crippen LogP contribution in [0.15, 0.2) is 27.7 Å². The van der Waals surface area contributed by atoms with E-state index in [1.165, 1.54) is 0 Å². The highest BCUT2D eigenvalue weighted by molar-refractivity contribution is 9.10. The number of ether oxygens (including phenoxy) is 1. The van der Waals surface area contributed by atoms with E-state index in [-0.39, 0.29) is 39.9 Å². The van der Waals surface area contributed by atoms with Gasteiger partial charge in [-0.15, -0.1) is 5.10 Å². The first-order valence-corrected chi connectivity index (χ1v) is 13.6. The second-order valence-corrected chi connectivity index (χ2v) is 12.1. The number of halogens is 5. The quantitative estimate of drug-likeness (QED) is 0.439. The maximum absolute atomic E-state index is 13.7. The summed E-state index contributed by atoms with van der Waals surface area (Å²) < 4.78 is 47.4. The Hall–Kier alpha value is -3.13. The largest absolute Gasteiger partial charge is 0.444 e. The van der Waals surface area contributed by atoms with Gasteiger partial charge in [0.1, 0.15) is 12.1 Å².